The molecule has 170 valence electrons. The molecule has 7 heteroatoms. The Hall–Kier alpha value is -2.30. The van der Waals surface area contributed by atoms with E-state index in [1.807, 2.05) is 37.3 Å². The maximum absolute atomic E-state index is 13.2. The van der Waals surface area contributed by atoms with Crippen molar-refractivity contribution in [2.45, 2.75) is 59.4 Å². The lowest BCUT2D eigenvalue weighted by Gasteiger charge is -2.23. The second-order valence-corrected chi connectivity index (χ2v) is 9.99. The van der Waals surface area contributed by atoms with Gasteiger partial charge in [0.15, 0.2) is 0 Å². The van der Waals surface area contributed by atoms with Crippen molar-refractivity contribution in [3.8, 4) is 22.6 Å². The predicted octanol–water partition coefficient (Wildman–Crippen LogP) is 5.84. The third-order valence-corrected chi connectivity index (χ3v) is 6.26. The lowest BCUT2D eigenvalue weighted by atomic mass is 9.98. The van der Waals surface area contributed by atoms with Crippen LogP contribution in [0.15, 0.2) is 36.4 Å². The first-order chi connectivity index (χ1) is 14.7. The van der Waals surface area contributed by atoms with Gasteiger partial charge in [-0.3, -0.25) is 9.36 Å². The van der Waals surface area contributed by atoms with E-state index >= 15 is 0 Å². The maximum Gasteiger partial charge on any atom is 0.323 e. The summed E-state index contributed by atoms with van der Waals surface area (Å²) in [4.78, 5) is 12.0. The van der Waals surface area contributed by atoms with Crippen LogP contribution >= 0.6 is 7.52 Å². The average molecular weight is 448 g/mol. The number of nitrogens with one attached hydrogen (secondary N) is 1. The Balaban J connectivity index is 2.41. The molecule has 2 atom stereocenters. The van der Waals surface area contributed by atoms with Gasteiger partial charge in [0.1, 0.15) is 17.5 Å². The number of hydrogen-bond acceptors (Lipinski definition) is 5. The first-order valence-electron chi connectivity index (χ1n) is 10.8. The SMILES string of the molecule is CCCCCc1cc(O)c(-c2cccc(C)c2)c(OP(C)(=O)N[C@@H](C)C(=O)OCC)c1. The zero-order valence-corrected chi connectivity index (χ0v) is 20.0. The minimum Gasteiger partial charge on any atom is -0.507 e. The Bertz CT molecular complexity index is 944. The molecule has 0 radical (unpaired) electrons. The zero-order valence-electron chi connectivity index (χ0n) is 19.1. The van der Waals surface area contributed by atoms with Gasteiger partial charge in [-0.25, -0.2) is 5.09 Å². The Morgan fingerprint density at radius 2 is 1.94 bits per heavy atom. The number of carbonyl (C=O) groups excluding carboxylic acids is 1. The predicted molar refractivity (Wildman–Crippen MR) is 125 cm³/mol. The number of carbonyl (C=O) groups is 1. The van der Waals surface area contributed by atoms with E-state index in [1.54, 1.807) is 19.9 Å². The standard InChI is InChI=1S/C24H34NO5P/c1-6-8-9-12-19-15-21(26)23(20-13-10-11-17(3)14-20)22(16-19)30-31(5,28)25-18(4)24(27)29-7-2/h10-11,13-16,18,26H,6-9,12H2,1-5H3,(H,25,28)/t18-,31?/m0/s1. The molecule has 0 fully saturated rings. The van der Waals surface area contributed by atoms with Crippen molar-refractivity contribution < 1.29 is 23.7 Å². The van der Waals surface area contributed by atoms with Crippen molar-refractivity contribution in [3.05, 3.63) is 47.5 Å². The molecule has 0 bridgehead atoms. The van der Waals surface area contributed by atoms with Crippen molar-refractivity contribution in [1.29, 1.82) is 0 Å². The molecule has 31 heavy (non-hydrogen) atoms. The largest absolute Gasteiger partial charge is 0.507 e. The molecule has 0 heterocycles. The molecule has 6 nitrogen and oxygen atoms in total. The van der Waals surface area contributed by atoms with E-state index in [-0.39, 0.29) is 12.4 Å². The van der Waals surface area contributed by atoms with Gasteiger partial charge < -0.3 is 14.4 Å². The fourth-order valence-corrected chi connectivity index (χ4v) is 4.81. The number of esters is 1. The smallest absolute Gasteiger partial charge is 0.323 e. The summed E-state index contributed by atoms with van der Waals surface area (Å²) in [6.07, 6.45) is 3.95. The summed E-state index contributed by atoms with van der Waals surface area (Å²) in [5.74, 6) is -0.0947. The monoisotopic (exact) mass is 447 g/mol. The second-order valence-electron chi connectivity index (χ2n) is 7.85. The summed E-state index contributed by atoms with van der Waals surface area (Å²) >= 11 is 0. The van der Waals surface area contributed by atoms with Crippen molar-refractivity contribution in [2.75, 3.05) is 13.3 Å². The van der Waals surface area contributed by atoms with E-state index in [4.69, 9.17) is 9.26 Å². The Kier molecular flexibility index (Phi) is 9.15. The minimum atomic E-state index is -3.44. The van der Waals surface area contributed by atoms with Gasteiger partial charge in [-0.05, 0) is 56.9 Å². The molecule has 0 aliphatic carbocycles. The summed E-state index contributed by atoms with van der Waals surface area (Å²) in [6, 6.07) is 10.5. The third-order valence-electron chi connectivity index (χ3n) is 4.86. The van der Waals surface area contributed by atoms with Crippen molar-refractivity contribution in [2.24, 2.45) is 0 Å². The Morgan fingerprint density at radius 1 is 1.19 bits per heavy atom. The summed E-state index contributed by atoms with van der Waals surface area (Å²) in [6.45, 7) is 9.06. The lowest BCUT2D eigenvalue weighted by Crippen LogP contribution is -2.34. The fourth-order valence-electron chi connectivity index (χ4n) is 3.43. The van der Waals surface area contributed by atoms with Crippen LogP contribution in [0.1, 0.15) is 51.2 Å². The van der Waals surface area contributed by atoms with Crippen LogP contribution in [0.25, 0.3) is 11.1 Å². The first kappa shape index (κ1) is 25.0. The van der Waals surface area contributed by atoms with E-state index in [2.05, 4.69) is 12.0 Å². The maximum atomic E-state index is 13.2. The van der Waals surface area contributed by atoms with Crippen molar-refractivity contribution in [3.63, 3.8) is 0 Å². The van der Waals surface area contributed by atoms with E-state index < -0.39 is 19.5 Å². The number of aromatic hydroxyl groups is 1. The number of benzene rings is 2. The molecule has 0 aliphatic rings. The van der Waals surface area contributed by atoms with Crippen molar-refractivity contribution in [1.82, 2.24) is 5.09 Å². The number of hydrogen-bond donors (Lipinski definition) is 2. The Labute approximate surface area is 185 Å². The first-order valence-corrected chi connectivity index (χ1v) is 12.9. The number of aryl methyl sites for hydroxylation is 2. The zero-order chi connectivity index (χ0) is 23.0. The molecular formula is C24H34NO5P. The van der Waals surface area contributed by atoms with Crippen LogP contribution in [0.2, 0.25) is 0 Å². The number of phenolic OH excluding ortho intramolecular Hbond substituents is 1. The van der Waals surface area contributed by atoms with Gasteiger partial charge in [0.05, 0.1) is 12.2 Å². The molecule has 2 rings (SSSR count). The van der Waals surface area contributed by atoms with Crippen LogP contribution in [0.3, 0.4) is 0 Å². The van der Waals surface area contributed by atoms with Gasteiger partial charge in [0, 0.05) is 6.66 Å². The number of unbranched alkanes of at least 4 members (excludes halogenated alkanes) is 2. The van der Waals surface area contributed by atoms with Crippen LogP contribution < -0.4 is 9.61 Å². The van der Waals surface area contributed by atoms with Gasteiger partial charge in [-0.1, -0.05) is 49.6 Å². The fraction of sp³-hybridized carbons (Fsp3) is 0.458. The van der Waals surface area contributed by atoms with E-state index in [9.17, 15) is 14.5 Å². The third kappa shape index (κ3) is 7.41. The highest BCUT2D eigenvalue weighted by atomic mass is 31.2. The average Bonchev–Trinajstić information content (AvgIpc) is 2.67. The highest BCUT2D eigenvalue weighted by Crippen LogP contribution is 2.47. The summed E-state index contributed by atoms with van der Waals surface area (Å²) in [7, 11) is -3.44. The highest BCUT2D eigenvalue weighted by Gasteiger charge is 2.27. The highest BCUT2D eigenvalue weighted by molar-refractivity contribution is 7.56. The number of rotatable bonds is 11. The summed E-state index contributed by atoms with van der Waals surface area (Å²) in [5.41, 5.74) is 3.20. The summed E-state index contributed by atoms with van der Waals surface area (Å²) in [5, 5.41) is 13.6. The molecule has 2 N–H and O–H groups in total. The van der Waals surface area contributed by atoms with Crippen molar-refractivity contribution >= 4 is 13.5 Å². The molecule has 2 aromatic carbocycles. The normalized spacial score (nSPS) is 14.0. The Morgan fingerprint density at radius 3 is 2.58 bits per heavy atom. The number of phenols is 1. The molecular weight excluding hydrogens is 413 g/mol. The van der Waals surface area contributed by atoms with E-state index in [0.717, 1.165) is 42.4 Å². The lowest BCUT2D eigenvalue weighted by molar-refractivity contribution is -0.144. The molecule has 0 saturated carbocycles. The van der Waals surface area contributed by atoms with Gasteiger partial charge in [0.25, 0.3) is 0 Å². The van der Waals surface area contributed by atoms with E-state index in [1.165, 1.54) is 6.66 Å². The molecule has 0 amide bonds. The van der Waals surface area contributed by atoms with Gasteiger partial charge in [0.2, 0.25) is 0 Å². The van der Waals surface area contributed by atoms with Crippen LogP contribution in [0.4, 0.5) is 0 Å². The number of ether oxygens (including phenoxy) is 1. The van der Waals surface area contributed by atoms with Crippen LogP contribution in [0, 0.1) is 6.92 Å². The molecule has 0 aromatic heterocycles. The van der Waals surface area contributed by atoms with Crippen LogP contribution in [0.5, 0.6) is 11.5 Å². The topological polar surface area (TPSA) is 84.9 Å². The van der Waals surface area contributed by atoms with Crippen LogP contribution in [-0.4, -0.2) is 30.4 Å². The molecule has 1 unspecified atom stereocenters. The van der Waals surface area contributed by atoms with Gasteiger partial charge in [-0.15, -0.1) is 0 Å². The van der Waals surface area contributed by atoms with E-state index in [0.29, 0.717) is 11.3 Å². The molecule has 0 aliphatic heterocycles. The molecule has 0 spiro atoms. The van der Waals surface area contributed by atoms with Gasteiger partial charge >= 0.3 is 13.5 Å². The minimum absolute atomic E-state index is 0.0769. The second kappa shape index (κ2) is 11.4. The quantitative estimate of drug-likeness (QED) is 0.256. The van der Waals surface area contributed by atoms with Crippen LogP contribution in [-0.2, 0) is 20.5 Å². The van der Waals surface area contributed by atoms with Gasteiger partial charge in [-0.2, -0.15) is 0 Å². The summed E-state index contributed by atoms with van der Waals surface area (Å²) < 4.78 is 24.1. The molecule has 0 saturated heterocycles. The molecule has 2 aromatic rings.